The summed E-state index contributed by atoms with van der Waals surface area (Å²) in [6.45, 7) is 3.00. The van der Waals surface area contributed by atoms with Gasteiger partial charge in [-0.15, -0.1) is 0 Å². The van der Waals surface area contributed by atoms with Crippen LogP contribution in [0.4, 0.5) is 0 Å². The van der Waals surface area contributed by atoms with Gasteiger partial charge >= 0.3 is 0 Å². The second kappa shape index (κ2) is 9.30. The number of rotatable bonds is 6. The van der Waals surface area contributed by atoms with Crippen LogP contribution in [0.1, 0.15) is 29.5 Å². The van der Waals surface area contributed by atoms with Crippen LogP contribution in [0.3, 0.4) is 0 Å². The Labute approximate surface area is 188 Å². The Balaban J connectivity index is 1.58. The van der Waals surface area contributed by atoms with Crippen molar-refractivity contribution in [2.24, 2.45) is 11.1 Å². The van der Waals surface area contributed by atoms with Crippen molar-refractivity contribution in [3.63, 3.8) is 0 Å². The first-order chi connectivity index (χ1) is 15.5. The van der Waals surface area contributed by atoms with Gasteiger partial charge in [0.1, 0.15) is 6.33 Å². The molecule has 2 aromatic carbocycles. The molecule has 1 aliphatic rings. The van der Waals surface area contributed by atoms with Crippen LogP contribution >= 0.6 is 0 Å². The monoisotopic (exact) mass is 428 g/mol. The lowest BCUT2D eigenvalue weighted by atomic mass is 9.73. The zero-order valence-corrected chi connectivity index (χ0v) is 18.3. The van der Waals surface area contributed by atoms with Gasteiger partial charge in [-0.25, -0.2) is 9.97 Å². The van der Waals surface area contributed by atoms with E-state index < -0.39 is 5.41 Å². The number of hydrogen-bond donors (Lipinski definition) is 1. The fraction of sp³-hybridized carbons (Fsp3) is 0.308. The van der Waals surface area contributed by atoms with Gasteiger partial charge in [0, 0.05) is 31.0 Å². The molecule has 0 spiro atoms. The van der Waals surface area contributed by atoms with Gasteiger partial charge in [-0.3, -0.25) is 9.59 Å². The van der Waals surface area contributed by atoms with E-state index in [1.165, 1.54) is 6.33 Å². The molecular formula is C26H28N4O2. The normalized spacial score (nSPS) is 18.3. The number of carbonyl (C=O) groups excluding carboxylic acids is 2. The van der Waals surface area contributed by atoms with Crippen molar-refractivity contribution in [2.45, 2.75) is 32.6 Å². The highest BCUT2D eigenvalue weighted by molar-refractivity contribution is 5.84. The summed E-state index contributed by atoms with van der Waals surface area (Å²) < 4.78 is 0. The second-order valence-corrected chi connectivity index (χ2v) is 8.69. The summed E-state index contributed by atoms with van der Waals surface area (Å²) in [4.78, 5) is 35.9. The van der Waals surface area contributed by atoms with Crippen LogP contribution in [0.25, 0.3) is 11.1 Å². The molecule has 1 fully saturated rings. The summed E-state index contributed by atoms with van der Waals surface area (Å²) in [5, 5.41) is 0. The molecule has 0 saturated carbocycles. The van der Waals surface area contributed by atoms with Crippen LogP contribution in [0.15, 0.2) is 67.3 Å². The number of hydrogen-bond acceptors (Lipinski definition) is 4. The van der Waals surface area contributed by atoms with Crippen molar-refractivity contribution in [3.05, 3.63) is 83.9 Å². The number of likely N-dealkylation sites (tertiary alicyclic amines) is 1. The summed E-state index contributed by atoms with van der Waals surface area (Å²) in [5.41, 5.74) is 10.2. The van der Waals surface area contributed by atoms with Gasteiger partial charge in [-0.05, 0) is 42.9 Å². The number of carbonyl (C=O) groups is 2. The molecule has 3 aromatic rings. The molecular weight excluding hydrogens is 400 g/mol. The Bertz CT molecular complexity index is 1120. The minimum atomic E-state index is -0.799. The van der Waals surface area contributed by atoms with Crippen LogP contribution in [0.2, 0.25) is 0 Å². The smallest absolute Gasteiger partial charge is 0.227 e. The first-order valence-corrected chi connectivity index (χ1v) is 10.9. The molecule has 2 N–H and O–H groups in total. The van der Waals surface area contributed by atoms with Gasteiger partial charge in [-0.2, -0.15) is 0 Å². The van der Waals surface area contributed by atoms with Crippen LogP contribution in [-0.2, 0) is 22.4 Å². The zero-order chi connectivity index (χ0) is 22.6. The highest BCUT2D eigenvalue weighted by Crippen LogP contribution is 2.36. The molecule has 1 aromatic heterocycles. The van der Waals surface area contributed by atoms with E-state index in [1.54, 1.807) is 12.4 Å². The van der Waals surface area contributed by atoms with Gasteiger partial charge in [0.2, 0.25) is 11.8 Å². The average molecular weight is 429 g/mol. The average Bonchev–Trinajstić information content (AvgIpc) is 2.80. The number of primary amides is 1. The predicted molar refractivity (Wildman–Crippen MR) is 123 cm³/mol. The van der Waals surface area contributed by atoms with Crippen LogP contribution in [0, 0.1) is 12.3 Å². The quantitative estimate of drug-likeness (QED) is 0.652. The topological polar surface area (TPSA) is 89.2 Å². The van der Waals surface area contributed by atoms with Crippen LogP contribution < -0.4 is 5.73 Å². The summed E-state index contributed by atoms with van der Waals surface area (Å²) in [6.07, 6.45) is 7.24. The Hall–Kier alpha value is -3.54. The summed E-state index contributed by atoms with van der Waals surface area (Å²) in [6, 6.07) is 15.9. The standard InChI is InChI=1S/C26H28N4O2/c1-19-6-4-7-20(12-19)13-24(31)30-11-5-10-26(17-30,25(27)32)14-21-8-2-3-9-23(21)22-15-28-18-29-16-22/h2-4,6-9,12,15-16,18H,5,10-11,13-14,17H2,1H3,(H2,27,32). The fourth-order valence-corrected chi connectivity index (χ4v) is 4.64. The van der Waals surface area contributed by atoms with E-state index in [-0.39, 0.29) is 11.8 Å². The van der Waals surface area contributed by atoms with Gasteiger partial charge in [0.15, 0.2) is 0 Å². The second-order valence-electron chi connectivity index (χ2n) is 8.69. The van der Waals surface area contributed by atoms with E-state index in [1.807, 2.05) is 60.4 Å². The number of nitrogens with zero attached hydrogens (tertiary/aromatic N) is 3. The Morgan fingerprint density at radius 3 is 2.62 bits per heavy atom. The largest absolute Gasteiger partial charge is 0.369 e. The summed E-state index contributed by atoms with van der Waals surface area (Å²) >= 11 is 0. The lowest BCUT2D eigenvalue weighted by molar-refractivity contribution is -0.139. The maximum absolute atomic E-state index is 13.1. The van der Waals surface area contributed by atoms with E-state index in [0.717, 1.165) is 34.2 Å². The van der Waals surface area contributed by atoms with Crippen LogP contribution in [-0.4, -0.2) is 39.8 Å². The summed E-state index contributed by atoms with van der Waals surface area (Å²) in [5.74, 6) is -0.324. The molecule has 1 aliphatic heterocycles. The first kappa shape index (κ1) is 21.7. The molecule has 2 heterocycles. The molecule has 32 heavy (non-hydrogen) atoms. The highest BCUT2D eigenvalue weighted by Gasteiger charge is 2.42. The van der Waals surface area contributed by atoms with E-state index >= 15 is 0 Å². The van der Waals surface area contributed by atoms with Gasteiger partial charge in [0.25, 0.3) is 0 Å². The summed E-state index contributed by atoms with van der Waals surface area (Å²) in [7, 11) is 0. The number of benzene rings is 2. The molecule has 1 unspecified atom stereocenters. The molecule has 1 saturated heterocycles. The van der Waals surface area contributed by atoms with Gasteiger partial charge in [-0.1, -0.05) is 54.1 Å². The SMILES string of the molecule is Cc1cccc(CC(=O)N2CCCC(Cc3ccccc3-c3cncnc3)(C(N)=O)C2)c1. The van der Waals surface area contributed by atoms with Crippen molar-refractivity contribution in [2.75, 3.05) is 13.1 Å². The third-order valence-electron chi connectivity index (χ3n) is 6.31. The third-order valence-corrected chi connectivity index (χ3v) is 6.31. The molecule has 164 valence electrons. The van der Waals surface area contributed by atoms with Crippen molar-refractivity contribution in [3.8, 4) is 11.1 Å². The Morgan fingerprint density at radius 1 is 1.09 bits per heavy atom. The molecule has 0 radical (unpaired) electrons. The zero-order valence-electron chi connectivity index (χ0n) is 18.3. The lowest BCUT2D eigenvalue weighted by Crippen LogP contribution is -2.53. The number of piperidine rings is 1. The number of aryl methyl sites for hydroxylation is 1. The fourth-order valence-electron chi connectivity index (χ4n) is 4.64. The Morgan fingerprint density at radius 2 is 1.88 bits per heavy atom. The van der Waals surface area contributed by atoms with E-state index in [9.17, 15) is 9.59 Å². The van der Waals surface area contributed by atoms with E-state index in [0.29, 0.717) is 32.4 Å². The van der Waals surface area contributed by atoms with Gasteiger partial charge < -0.3 is 10.6 Å². The first-order valence-electron chi connectivity index (χ1n) is 10.9. The Kier molecular flexibility index (Phi) is 6.30. The highest BCUT2D eigenvalue weighted by atomic mass is 16.2. The number of nitrogens with two attached hydrogens (primary N) is 1. The van der Waals surface area contributed by atoms with Crippen molar-refractivity contribution >= 4 is 11.8 Å². The molecule has 2 amide bonds. The minimum absolute atomic E-state index is 0.0330. The van der Waals surface area contributed by atoms with Crippen molar-refractivity contribution in [1.29, 1.82) is 0 Å². The predicted octanol–water partition coefficient (Wildman–Crippen LogP) is 3.33. The minimum Gasteiger partial charge on any atom is -0.369 e. The van der Waals surface area contributed by atoms with Gasteiger partial charge in [0.05, 0.1) is 11.8 Å². The molecule has 1 atom stereocenters. The third kappa shape index (κ3) is 4.69. The lowest BCUT2D eigenvalue weighted by Gasteiger charge is -2.41. The van der Waals surface area contributed by atoms with E-state index in [4.69, 9.17) is 5.73 Å². The number of amides is 2. The number of aromatic nitrogens is 2. The molecule has 4 rings (SSSR count). The maximum Gasteiger partial charge on any atom is 0.227 e. The molecule has 6 nitrogen and oxygen atoms in total. The molecule has 0 bridgehead atoms. The molecule has 0 aliphatic carbocycles. The molecule has 6 heteroatoms. The van der Waals surface area contributed by atoms with E-state index in [2.05, 4.69) is 9.97 Å². The van der Waals surface area contributed by atoms with Crippen molar-refractivity contribution in [1.82, 2.24) is 14.9 Å². The van der Waals surface area contributed by atoms with Crippen LogP contribution in [0.5, 0.6) is 0 Å². The van der Waals surface area contributed by atoms with Crippen molar-refractivity contribution < 1.29 is 9.59 Å². The maximum atomic E-state index is 13.1.